The number of fused-ring (bicyclic) bond motifs is 1. The average molecular weight is 261 g/mol. The van der Waals surface area contributed by atoms with Crippen molar-refractivity contribution in [2.45, 2.75) is 0 Å². The molecule has 1 heterocycles. The highest BCUT2D eigenvalue weighted by atomic mass is 15.0. The maximum atomic E-state index is 6.26. The molecule has 0 aliphatic heterocycles. The Morgan fingerprint density at radius 3 is 2.40 bits per heavy atom. The molecular weight excluding hydrogens is 244 g/mol. The molecule has 0 aliphatic rings. The summed E-state index contributed by atoms with van der Waals surface area (Å²) in [5.74, 6) is 0. The van der Waals surface area contributed by atoms with E-state index in [1.165, 1.54) is 10.9 Å². The van der Waals surface area contributed by atoms with E-state index < -0.39 is 0 Å². The van der Waals surface area contributed by atoms with Gasteiger partial charge in [-0.1, -0.05) is 42.5 Å². The summed E-state index contributed by atoms with van der Waals surface area (Å²) in [5.41, 5.74) is 10.3. The Labute approximate surface area is 118 Å². The van der Waals surface area contributed by atoms with Gasteiger partial charge in [-0.15, -0.1) is 0 Å². The molecular formula is C18H17N2+. The number of nitrogens with zero attached hydrogens (tertiary/aromatic N) is 1. The van der Waals surface area contributed by atoms with E-state index in [2.05, 4.69) is 28.8 Å². The zero-order valence-electron chi connectivity index (χ0n) is 11.5. The average Bonchev–Trinajstić information content (AvgIpc) is 2.49. The molecule has 3 aromatic rings. The minimum atomic E-state index is 0.768. The van der Waals surface area contributed by atoms with Crippen LogP contribution in [-0.4, -0.2) is 0 Å². The Morgan fingerprint density at radius 1 is 0.900 bits per heavy atom. The Balaban J connectivity index is 2.10. The molecule has 20 heavy (non-hydrogen) atoms. The van der Waals surface area contributed by atoms with Gasteiger partial charge in [0, 0.05) is 17.5 Å². The maximum absolute atomic E-state index is 6.26. The van der Waals surface area contributed by atoms with Crippen molar-refractivity contribution in [3.05, 3.63) is 78.0 Å². The fourth-order valence-corrected chi connectivity index (χ4v) is 2.44. The van der Waals surface area contributed by atoms with Gasteiger partial charge in [-0.2, -0.15) is 4.57 Å². The van der Waals surface area contributed by atoms with Crippen molar-refractivity contribution in [2.75, 3.05) is 0 Å². The van der Waals surface area contributed by atoms with Gasteiger partial charge in [0.15, 0.2) is 0 Å². The van der Waals surface area contributed by atoms with Crippen molar-refractivity contribution in [3.8, 4) is 0 Å². The lowest BCUT2D eigenvalue weighted by Crippen LogP contribution is -2.35. The summed E-state index contributed by atoms with van der Waals surface area (Å²) in [6, 6.07) is 22.6. The topological polar surface area (TPSA) is 29.9 Å². The second-order valence-corrected chi connectivity index (χ2v) is 4.85. The summed E-state index contributed by atoms with van der Waals surface area (Å²) < 4.78 is 2.13. The minimum absolute atomic E-state index is 0.768. The number of rotatable bonds is 2. The maximum Gasteiger partial charge on any atom is 0.228 e. The first kappa shape index (κ1) is 12.4. The normalized spacial score (nSPS) is 11.8. The summed E-state index contributed by atoms with van der Waals surface area (Å²) in [7, 11) is 2.04. The van der Waals surface area contributed by atoms with E-state index >= 15 is 0 Å². The number of para-hydroxylation sites is 1. The van der Waals surface area contributed by atoms with Crippen LogP contribution in [0.15, 0.2) is 66.7 Å². The van der Waals surface area contributed by atoms with E-state index in [-0.39, 0.29) is 0 Å². The predicted octanol–water partition coefficient (Wildman–Crippen LogP) is 3.12. The lowest BCUT2D eigenvalue weighted by atomic mass is 10.1. The van der Waals surface area contributed by atoms with E-state index in [9.17, 15) is 0 Å². The summed E-state index contributed by atoms with van der Waals surface area (Å²) in [6.07, 6.45) is 2.00. The van der Waals surface area contributed by atoms with Gasteiger partial charge in [-0.05, 0) is 23.8 Å². The second-order valence-electron chi connectivity index (χ2n) is 4.85. The zero-order valence-corrected chi connectivity index (χ0v) is 11.5. The number of aromatic nitrogens is 1. The van der Waals surface area contributed by atoms with Crippen molar-refractivity contribution in [1.82, 2.24) is 0 Å². The van der Waals surface area contributed by atoms with Crippen LogP contribution in [0.3, 0.4) is 0 Å². The van der Waals surface area contributed by atoms with Gasteiger partial charge in [-0.3, -0.25) is 0 Å². The number of hydrogen-bond donors (Lipinski definition) is 1. The van der Waals surface area contributed by atoms with E-state index in [1.807, 2.05) is 55.6 Å². The number of hydrogen-bond acceptors (Lipinski definition) is 1. The van der Waals surface area contributed by atoms with Crippen LogP contribution in [0.4, 0.5) is 0 Å². The lowest BCUT2D eigenvalue weighted by molar-refractivity contribution is -0.647. The second kappa shape index (κ2) is 5.17. The molecule has 2 aromatic carbocycles. The van der Waals surface area contributed by atoms with Gasteiger partial charge in [0.05, 0.1) is 0 Å². The minimum Gasteiger partial charge on any atom is -0.393 e. The van der Waals surface area contributed by atoms with Gasteiger partial charge < -0.3 is 5.73 Å². The van der Waals surface area contributed by atoms with Crippen LogP contribution in [-0.2, 0) is 7.05 Å². The van der Waals surface area contributed by atoms with Gasteiger partial charge in [-0.25, -0.2) is 0 Å². The van der Waals surface area contributed by atoms with Gasteiger partial charge in [0.25, 0.3) is 0 Å². The molecule has 2 N–H and O–H groups in total. The molecule has 3 rings (SSSR count). The standard InChI is InChI=1S/C18H17N2/c1-20-17-10-6-5-9-15(17)11-12-18(20)16(19)13-14-7-3-2-4-8-14/h2-13H,19H2,1H3/q+1. The molecule has 0 unspecified atom stereocenters. The molecule has 0 atom stereocenters. The third-order valence-corrected chi connectivity index (χ3v) is 3.50. The number of nitrogens with two attached hydrogens (primary N) is 1. The molecule has 0 amide bonds. The first-order valence-corrected chi connectivity index (χ1v) is 6.66. The first-order valence-electron chi connectivity index (χ1n) is 6.66. The third-order valence-electron chi connectivity index (χ3n) is 3.50. The zero-order chi connectivity index (χ0) is 13.9. The molecule has 0 bridgehead atoms. The monoisotopic (exact) mass is 261 g/mol. The highest BCUT2D eigenvalue weighted by Crippen LogP contribution is 2.15. The van der Waals surface area contributed by atoms with Gasteiger partial charge in [0.1, 0.15) is 12.7 Å². The predicted molar refractivity (Wildman–Crippen MR) is 83.6 cm³/mol. The molecule has 0 aliphatic carbocycles. The van der Waals surface area contributed by atoms with E-state index in [0.29, 0.717) is 0 Å². The highest BCUT2D eigenvalue weighted by Gasteiger charge is 2.13. The van der Waals surface area contributed by atoms with Crippen molar-refractivity contribution in [2.24, 2.45) is 12.8 Å². The Bertz CT molecular complexity index is 774. The summed E-state index contributed by atoms with van der Waals surface area (Å²) in [5, 5.41) is 1.21. The fraction of sp³-hybridized carbons (Fsp3) is 0.0556. The smallest absolute Gasteiger partial charge is 0.228 e. The Hall–Kier alpha value is -2.61. The van der Waals surface area contributed by atoms with Gasteiger partial charge in [0.2, 0.25) is 11.2 Å². The number of pyridine rings is 1. The van der Waals surface area contributed by atoms with Crippen LogP contribution >= 0.6 is 0 Å². The van der Waals surface area contributed by atoms with Crippen LogP contribution in [0, 0.1) is 0 Å². The third kappa shape index (κ3) is 2.28. The van der Waals surface area contributed by atoms with E-state index in [0.717, 1.165) is 17.0 Å². The summed E-state index contributed by atoms with van der Waals surface area (Å²) >= 11 is 0. The van der Waals surface area contributed by atoms with E-state index in [1.54, 1.807) is 0 Å². The SMILES string of the molecule is C[n+]1c(C(N)=Cc2ccccc2)ccc2ccccc21. The molecule has 2 nitrogen and oxygen atoms in total. The quantitative estimate of drug-likeness (QED) is 0.706. The van der Waals surface area contributed by atoms with Crippen LogP contribution in [0.5, 0.6) is 0 Å². The molecule has 1 aromatic heterocycles. The lowest BCUT2D eigenvalue weighted by Gasteiger charge is -2.04. The van der Waals surface area contributed by atoms with Crippen molar-refractivity contribution in [1.29, 1.82) is 0 Å². The largest absolute Gasteiger partial charge is 0.393 e. The van der Waals surface area contributed by atoms with Gasteiger partial charge >= 0.3 is 0 Å². The van der Waals surface area contributed by atoms with Crippen molar-refractivity contribution < 1.29 is 4.57 Å². The summed E-state index contributed by atoms with van der Waals surface area (Å²) in [4.78, 5) is 0. The molecule has 0 spiro atoms. The fourth-order valence-electron chi connectivity index (χ4n) is 2.44. The molecule has 0 saturated carbocycles. The molecule has 2 heteroatoms. The van der Waals surface area contributed by atoms with Crippen molar-refractivity contribution >= 4 is 22.7 Å². The van der Waals surface area contributed by atoms with Crippen LogP contribution in [0.2, 0.25) is 0 Å². The summed E-state index contributed by atoms with van der Waals surface area (Å²) in [6.45, 7) is 0. The highest BCUT2D eigenvalue weighted by molar-refractivity contribution is 5.80. The number of benzene rings is 2. The first-order chi connectivity index (χ1) is 9.75. The van der Waals surface area contributed by atoms with Crippen LogP contribution < -0.4 is 10.3 Å². The van der Waals surface area contributed by atoms with Crippen molar-refractivity contribution in [3.63, 3.8) is 0 Å². The number of aryl methyl sites for hydroxylation is 1. The molecule has 0 fully saturated rings. The molecule has 0 saturated heterocycles. The molecule has 98 valence electrons. The Kier molecular flexibility index (Phi) is 3.21. The molecule has 0 radical (unpaired) electrons. The van der Waals surface area contributed by atoms with E-state index in [4.69, 9.17) is 5.73 Å². The Morgan fingerprint density at radius 2 is 1.60 bits per heavy atom. The van der Waals surface area contributed by atoms with Crippen LogP contribution in [0.1, 0.15) is 11.3 Å². The van der Waals surface area contributed by atoms with Crippen LogP contribution in [0.25, 0.3) is 22.7 Å².